The molecule has 1 aromatic heterocycles. The maximum absolute atomic E-state index is 12.7. The minimum absolute atomic E-state index is 0.301. The number of aromatic nitrogens is 2. The van der Waals surface area contributed by atoms with Crippen LogP contribution < -0.4 is 0 Å². The van der Waals surface area contributed by atoms with Gasteiger partial charge in [0.25, 0.3) is 0 Å². The molecule has 2 aromatic rings. The Labute approximate surface area is 107 Å². The molecule has 4 nitrogen and oxygen atoms in total. The Balaban J connectivity index is 2.05. The molecular weight excluding hydrogens is 255 g/mol. The van der Waals surface area contributed by atoms with Crippen molar-refractivity contribution in [1.29, 1.82) is 0 Å². The van der Waals surface area contributed by atoms with E-state index in [9.17, 15) is 8.60 Å². The second-order valence-electron chi connectivity index (χ2n) is 3.97. The first-order valence-corrected chi connectivity index (χ1v) is 6.86. The molecule has 1 heterocycles. The number of benzene rings is 1. The van der Waals surface area contributed by atoms with Gasteiger partial charge in [-0.25, -0.2) is 4.39 Å². The average molecular weight is 268 g/mol. The summed E-state index contributed by atoms with van der Waals surface area (Å²) in [5.74, 6) is 0.928. The number of rotatable bonds is 4. The highest BCUT2D eigenvalue weighted by molar-refractivity contribution is 7.84. The van der Waals surface area contributed by atoms with Gasteiger partial charge in [0.2, 0.25) is 5.89 Å². The van der Waals surface area contributed by atoms with Crippen molar-refractivity contribution in [2.45, 2.75) is 24.9 Å². The van der Waals surface area contributed by atoms with Crippen molar-refractivity contribution in [3.8, 4) is 0 Å². The summed E-state index contributed by atoms with van der Waals surface area (Å²) in [5, 5.41) is 3.33. The summed E-state index contributed by atoms with van der Waals surface area (Å²) in [5.41, 5.74) is 0.817. The SMILES string of the molecule is Cc1noc([C@H](C)[S@](=O)Cc2ccc(F)cc2)n1. The summed E-state index contributed by atoms with van der Waals surface area (Å²) in [6, 6.07) is 5.96. The van der Waals surface area contributed by atoms with E-state index in [1.807, 2.05) is 0 Å². The zero-order chi connectivity index (χ0) is 13.1. The van der Waals surface area contributed by atoms with E-state index in [0.717, 1.165) is 5.56 Å². The average Bonchev–Trinajstić information content (AvgIpc) is 2.78. The third-order valence-electron chi connectivity index (χ3n) is 2.51. The van der Waals surface area contributed by atoms with Gasteiger partial charge in [0.15, 0.2) is 5.82 Å². The summed E-state index contributed by atoms with van der Waals surface area (Å²) in [6.45, 7) is 3.48. The van der Waals surface area contributed by atoms with E-state index >= 15 is 0 Å². The van der Waals surface area contributed by atoms with Gasteiger partial charge in [0.05, 0.1) is 0 Å². The zero-order valence-corrected chi connectivity index (χ0v) is 10.9. The van der Waals surface area contributed by atoms with Crippen molar-refractivity contribution < 1.29 is 13.1 Å². The van der Waals surface area contributed by atoms with Crippen LogP contribution in [-0.2, 0) is 16.6 Å². The monoisotopic (exact) mass is 268 g/mol. The number of hydrogen-bond acceptors (Lipinski definition) is 4. The van der Waals surface area contributed by atoms with Crippen molar-refractivity contribution in [2.75, 3.05) is 0 Å². The molecule has 0 aliphatic carbocycles. The molecule has 0 unspecified atom stereocenters. The van der Waals surface area contributed by atoms with Crippen LogP contribution in [0.25, 0.3) is 0 Å². The van der Waals surface area contributed by atoms with Crippen LogP contribution in [0.1, 0.15) is 29.5 Å². The highest BCUT2D eigenvalue weighted by Gasteiger charge is 2.19. The van der Waals surface area contributed by atoms with Gasteiger partial charge in [0.1, 0.15) is 11.1 Å². The van der Waals surface area contributed by atoms with Crippen LogP contribution in [0.4, 0.5) is 4.39 Å². The first-order chi connectivity index (χ1) is 8.56. The van der Waals surface area contributed by atoms with E-state index in [-0.39, 0.29) is 11.1 Å². The fourth-order valence-corrected chi connectivity index (χ4v) is 2.55. The largest absolute Gasteiger partial charge is 0.338 e. The fourth-order valence-electron chi connectivity index (χ4n) is 1.46. The number of nitrogens with zero attached hydrogens (tertiary/aromatic N) is 2. The van der Waals surface area contributed by atoms with Gasteiger partial charge in [-0.2, -0.15) is 4.98 Å². The molecule has 0 amide bonds. The molecule has 0 aliphatic heterocycles. The van der Waals surface area contributed by atoms with Crippen LogP contribution in [0, 0.1) is 12.7 Å². The maximum Gasteiger partial charge on any atom is 0.242 e. The molecule has 2 atom stereocenters. The Bertz CT molecular complexity index is 553. The minimum atomic E-state index is -1.18. The molecule has 6 heteroatoms. The topological polar surface area (TPSA) is 56.0 Å². The molecule has 0 spiro atoms. The molecular formula is C12H13FN2O2S. The molecule has 2 rings (SSSR count). The quantitative estimate of drug-likeness (QED) is 0.855. The van der Waals surface area contributed by atoms with E-state index in [4.69, 9.17) is 4.52 Å². The molecule has 0 N–H and O–H groups in total. The van der Waals surface area contributed by atoms with E-state index in [1.165, 1.54) is 12.1 Å². The van der Waals surface area contributed by atoms with E-state index in [2.05, 4.69) is 10.1 Å². The highest BCUT2D eigenvalue weighted by atomic mass is 32.2. The fraction of sp³-hybridized carbons (Fsp3) is 0.333. The van der Waals surface area contributed by atoms with Crippen molar-refractivity contribution in [3.05, 3.63) is 47.4 Å². The Kier molecular flexibility index (Phi) is 3.86. The second-order valence-corrected chi connectivity index (χ2v) is 5.73. The van der Waals surface area contributed by atoms with Crippen molar-refractivity contribution in [3.63, 3.8) is 0 Å². The highest BCUT2D eigenvalue weighted by Crippen LogP contribution is 2.20. The Morgan fingerprint density at radius 3 is 2.61 bits per heavy atom. The summed E-state index contributed by atoms with van der Waals surface area (Å²) >= 11 is 0. The summed E-state index contributed by atoms with van der Waals surface area (Å²) < 4.78 is 29.8. The van der Waals surface area contributed by atoms with Crippen LogP contribution in [0.2, 0.25) is 0 Å². The van der Waals surface area contributed by atoms with E-state index in [0.29, 0.717) is 17.5 Å². The lowest BCUT2D eigenvalue weighted by atomic mass is 10.2. The predicted octanol–water partition coefficient (Wildman–Crippen LogP) is 2.53. The number of aryl methyl sites for hydroxylation is 1. The molecule has 0 fully saturated rings. The molecule has 1 aromatic carbocycles. The molecule has 0 bridgehead atoms. The van der Waals surface area contributed by atoms with E-state index in [1.54, 1.807) is 26.0 Å². The van der Waals surface area contributed by atoms with Crippen LogP contribution in [-0.4, -0.2) is 14.3 Å². The normalized spacial score (nSPS) is 14.4. The standard InChI is InChI=1S/C12H13FN2O2S/c1-8(12-14-9(2)15-17-12)18(16)7-10-3-5-11(13)6-4-10/h3-6,8H,7H2,1-2H3/t8-,18+/m0/s1. The van der Waals surface area contributed by atoms with Crippen molar-refractivity contribution in [1.82, 2.24) is 10.1 Å². The van der Waals surface area contributed by atoms with Gasteiger partial charge in [-0.3, -0.25) is 4.21 Å². The van der Waals surface area contributed by atoms with Crippen LogP contribution >= 0.6 is 0 Å². The smallest absolute Gasteiger partial charge is 0.242 e. The molecule has 96 valence electrons. The number of hydrogen-bond donors (Lipinski definition) is 0. The first-order valence-electron chi connectivity index (χ1n) is 5.48. The van der Waals surface area contributed by atoms with E-state index < -0.39 is 10.8 Å². The van der Waals surface area contributed by atoms with Gasteiger partial charge in [-0.15, -0.1) is 0 Å². The molecule has 0 radical (unpaired) electrons. The summed E-state index contributed by atoms with van der Waals surface area (Å²) in [6.07, 6.45) is 0. The van der Waals surface area contributed by atoms with Crippen molar-refractivity contribution >= 4 is 10.8 Å². The lowest BCUT2D eigenvalue weighted by Crippen LogP contribution is -2.06. The maximum atomic E-state index is 12.7. The Hall–Kier alpha value is -1.56. The molecule has 0 saturated heterocycles. The second kappa shape index (κ2) is 5.39. The lowest BCUT2D eigenvalue weighted by Gasteiger charge is -2.06. The van der Waals surface area contributed by atoms with Crippen LogP contribution in [0.15, 0.2) is 28.8 Å². The van der Waals surface area contributed by atoms with Gasteiger partial charge in [0, 0.05) is 16.6 Å². The summed E-state index contributed by atoms with van der Waals surface area (Å²) in [4.78, 5) is 4.06. The van der Waals surface area contributed by atoms with Gasteiger partial charge in [-0.05, 0) is 31.5 Å². The molecule has 0 aliphatic rings. The third-order valence-corrected chi connectivity index (χ3v) is 4.12. The lowest BCUT2D eigenvalue weighted by molar-refractivity contribution is 0.375. The van der Waals surface area contributed by atoms with Gasteiger partial charge in [-0.1, -0.05) is 17.3 Å². The van der Waals surface area contributed by atoms with Crippen molar-refractivity contribution in [2.24, 2.45) is 0 Å². The molecule has 18 heavy (non-hydrogen) atoms. The zero-order valence-electron chi connectivity index (χ0n) is 10.1. The first kappa shape index (κ1) is 12.9. The third kappa shape index (κ3) is 3.01. The predicted molar refractivity (Wildman–Crippen MR) is 65.7 cm³/mol. The van der Waals surface area contributed by atoms with Crippen LogP contribution in [0.3, 0.4) is 0 Å². The number of halogens is 1. The van der Waals surface area contributed by atoms with Gasteiger partial charge >= 0.3 is 0 Å². The van der Waals surface area contributed by atoms with Gasteiger partial charge < -0.3 is 4.52 Å². The summed E-state index contributed by atoms with van der Waals surface area (Å²) in [7, 11) is -1.18. The Morgan fingerprint density at radius 2 is 2.06 bits per heavy atom. The van der Waals surface area contributed by atoms with Crippen LogP contribution in [0.5, 0.6) is 0 Å². The Morgan fingerprint density at radius 1 is 1.39 bits per heavy atom. The minimum Gasteiger partial charge on any atom is -0.338 e. The molecule has 0 saturated carbocycles.